The van der Waals surface area contributed by atoms with Crippen LogP contribution in [0.5, 0.6) is 0 Å². The highest BCUT2D eigenvalue weighted by atomic mass is 16.2. The van der Waals surface area contributed by atoms with E-state index in [0.29, 0.717) is 6.54 Å². The van der Waals surface area contributed by atoms with Gasteiger partial charge in [0, 0.05) is 30.8 Å². The number of carbonyl (C=O) groups is 1. The molecule has 0 radical (unpaired) electrons. The molecule has 0 spiro atoms. The summed E-state index contributed by atoms with van der Waals surface area (Å²) in [6.45, 7) is 4.59. The van der Waals surface area contributed by atoms with E-state index >= 15 is 0 Å². The smallest absolute Gasteiger partial charge is 0.295 e. The molecule has 0 N–H and O–H groups in total. The molecule has 3 heteroatoms. The van der Waals surface area contributed by atoms with Crippen LogP contribution in [0.3, 0.4) is 0 Å². The molecule has 126 valence electrons. The Kier molecular flexibility index (Phi) is 5.24. The van der Waals surface area contributed by atoms with Gasteiger partial charge in [-0.25, -0.2) is 0 Å². The normalized spacial score (nSPS) is 11.8. The first kappa shape index (κ1) is 16.9. The number of anilines is 1. The van der Waals surface area contributed by atoms with E-state index in [4.69, 9.17) is 0 Å². The lowest BCUT2D eigenvalue weighted by Crippen LogP contribution is -2.48. The SMILES string of the molecule is CCN(C(=O)[C@@H](C)[n+]1cccc(-c2ccccc2)c1)c1ccccc1. The van der Waals surface area contributed by atoms with E-state index in [1.54, 1.807) is 0 Å². The van der Waals surface area contributed by atoms with Crippen LogP contribution in [0.25, 0.3) is 11.1 Å². The second kappa shape index (κ2) is 7.75. The molecule has 0 bridgehead atoms. The van der Waals surface area contributed by atoms with Crippen LogP contribution in [-0.4, -0.2) is 12.5 Å². The Morgan fingerprint density at radius 1 is 0.920 bits per heavy atom. The Labute approximate surface area is 149 Å². The van der Waals surface area contributed by atoms with E-state index in [1.807, 2.05) is 90.3 Å². The Bertz CT molecular complexity index is 831. The number of para-hydroxylation sites is 1. The van der Waals surface area contributed by atoms with Gasteiger partial charge in [0.05, 0.1) is 0 Å². The Hall–Kier alpha value is -2.94. The van der Waals surface area contributed by atoms with Crippen LogP contribution in [-0.2, 0) is 4.79 Å². The number of rotatable bonds is 5. The maximum Gasteiger partial charge on any atom is 0.295 e. The number of benzene rings is 2. The van der Waals surface area contributed by atoms with E-state index in [9.17, 15) is 4.79 Å². The van der Waals surface area contributed by atoms with Crippen molar-refractivity contribution in [3.63, 3.8) is 0 Å². The molecule has 25 heavy (non-hydrogen) atoms. The molecule has 0 aliphatic rings. The van der Waals surface area contributed by atoms with Gasteiger partial charge in [-0.2, -0.15) is 4.57 Å². The third kappa shape index (κ3) is 3.77. The number of nitrogens with zero attached hydrogens (tertiary/aromatic N) is 2. The van der Waals surface area contributed by atoms with Crippen LogP contribution in [0.2, 0.25) is 0 Å². The van der Waals surface area contributed by atoms with Gasteiger partial charge in [-0.1, -0.05) is 48.5 Å². The van der Waals surface area contributed by atoms with Crippen molar-refractivity contribution in [2.24, 2.45) is 0 Å². The summed E-state index contributed by atoms with van der Waals surface area (Å²) in [6.07, 6.45) is 3.99. The van der Waals surface area contributed by atoms with Gasteiger partial charge in [-0.3, -0.25) is 4.79 Å². The van der Waals surface area contributed by atoms with Crippen LogP contribution in [0.4, 0.5) is 5.69 Å². The molecular formula is C22H23N2O+. The lowest BCUT2D eigenvalue weighted by atomic mass is 10.1. The fourth-order valence-electron chi connectivity index (χ4n) is 2.96. The summed E-state index contributed by atoms with van der Waals surface area (Å²) in [6, 6.07) is 23.8. The topological polar surface area (TPSA) is 24.2 Å². The number of carbonyl (C=O) groups excluding carboxylic acids is 1. The summed E-state index contributed by atoms with van der Waals surface area (Å²) in [4.78, 5) is 14.9. The van der Waals surface area contributed by atoms with Crippen LogP contribution in [0.1, 0.15) is 19.9 Å². The van der Waals surface area contributed by atoms with Crippen LogP contribution in [0, 0.1) is 0 Å². The predicted octanol–water partition coefficient (Wildman–Crippen LogP) is 4.26. The van der Waals surface area contributed by atoms with E-state index in [-0.39, 0.29) is 11.9 Å². The van der Waals surface area contributed by atoms with Crippen LogP contribution >= 0.6 is 0 Å². The second-order valence-electron chi connectivity index (χ2n) is 6.00. The number of pyridine rings is 1. The monoisotopic (exact) mass is 331 g/mol. The first-order chi connectivity index (χ1) is 12.2. The average molecular weight is 331 g/mol. The van der Waals surface area contributed by atoms with Gasteiger partial charge in [0.25, 0.3) is 5.91 Å². The molecule has 3 nitrogen and oxygen atoms in total. The highest BCUT2D eigenvalue weighted by molar-refractivity contribution is 5.94. The highest BCUT2D eigenvalue weighted by Gasteiger charge is 2.27. The summed E-state index contributed by atoms with van der Waals surface area (Å²) in [7, 11) is 0. The molecule has 3 rings (SSSR count). The third-order valence-electron chi connectivity index (χ3n) is 4.38. The summed E-state index contributed by atoms with van der Waals surface area (Å²) >= 11 is 0. The maximum absolute atomic E-state index is 13.0. The van der Waals surface area contributed by atoms with E-state index < -0.39 is 0 Å². The van der Waals surface area contributed by atoms with Gasteiger partial charge in [-0.15, -0.1) is 0 Å². The molecule has 0 fully saturated rings. The number of hydrogen-bond acceptors (Lipinski definition) is 1. The third-order valence-corrected chi connectivity index (χ3v) is 4.38. The molecule has 0 aliphatic carbocycles. The van der Waals surface area contributed by atoms with Crippen molar-refractivity contribution in [1.82, 2.24) is 0 Å². The van der Waals surface area contributed by atoms with Gasteiger partial charge < -0.3 is 4.90 Å². The summed E-state index contributed by atoms with van der Waals surface area (Å²) in [5.74, 6) is 0.0870. The molecule has 1 atom stereocenters. The predicted molar refractivity (Wildman–Crippen MR) is 101 cm³/mol. The van der Waals surface area contributed by atoms with Crippen molar-refractivity contribution in [3.05, 3.63) is 85.2 Å². The van der Waals surface area contributed by atoms with Crippen LogP contribution < -0.4 is 9.47 Å². The van der Waals surface area contributed by atoms with Crippen molar-refractivity contribution in [2.45, 2.75) is 19.9 Å². The summed E-state index contributed by atoms with van der Waals surface area (Å²) in [5.41, 5.74) is 3.18. The second-order valence-corrected chi connectivity index (χ2v) is 6.00. The number of hydrogen-bond donors (Lipinski definition) is 0. The number of amides is 1. The standard InChI is InChI=1S/C22H23N2O/c1-3-24(21-14-8-5-9-15-21)22(25)18(2)23-16-10-13-20(17-23)19-11-6-4-7-12-19/h4-18H,3H2,1-2H3/q+1/t18-/m1/s1. The van der Waals surface area contributed by atoms with Gasteiger partial charge in [0.2, 0.25) is 6.04 Å². The Balaban J connectivity index is 1.87. The van der Waals surface area contributed by atoms with Gasteiger partial charge in [0.1, 0.15) is 0 Å². The number of likely N-dealkylation sites (N-methyl/N-ethyl adjacent to an activating group) is 1. The first-order valence-corrected chi connectivity index (χ1v) is 8.63. The van der Waals surface area contributed by atoms with E-state index in [1.165, 1.54) is 0 Å². The highest BCUT2D eigenvalue weighted by Crippen LogP contribution is 2.19. The minimum atomic E-state index is -0.274. The molecular weight excluding hydrogens is 308 g/mol. The van der Waals surface area contributed by atoms with Gasteiger partial charge in [-0.05, 0) is 30.7 Å². The molecule has 1 aromatic heterocycles. The Morgan fingerprint density at radius 2 is 1.52 bits per heavy atom. The first-order valence-electron chi connectivity index (χ1n) is 8.63. The van der Waals surface area contributed by atoms with E-state index in [2.05, 4.69) is 18.2 Å². The Morgan fingerprint density at radius 3 is 2.16 bits per heavy atom. The van der Waals surface area contributed by atoms with Crippen molar-refractivity contribution in [2.75, 3.05) is 11.4 Å². The molecule has 2 aromatic carbocycles. The summed E-state index contributed by atoms with van der Waals surface area (Å²) < 4.78 is 1.98. The fourth-order valence-corrected chi connectivity index (χ4v) is 2.96. The van der Waals surface area contributed by atoms with Gasteiger partial charge in [0.15, 0.2) is 12.4 Å². The quantitative estimate of drug-likeness (QED) is 0.641. The van der Waals surface area contributed by atoms with Crippen LogP contribution in [0.15, 0.2) is 85.2 Å². The average Bonchev–Trinajstić information content (AvgIpc) is 2.69. The maximum atomic E-state index is 13.0. The molecule has 0 saturated heterocycles. The van der Waals surface area contributed by atoms with Crippen molar-refractivity contribution in [1.29, 1.82) is 0 Å². The molecule has 0 unspecified atom stereocenters. The van der Waals surface area contributed by atoms with Crippen molar-refractivity contribution in [3.8, 4) is 11.1 Å². The fraction of sp³-hybridized carbons (Fsp3) is 0.182. The molecule has 1 heterocycles. The van der Waals surface area contributed by atoms with Crippen molar-refractivity contribution >= 4 is 11.6 Å². The largest absolute Gasteiger partial charge is 0.307 e. The minimum Gasteiger partial charge on any atom is -0.307 e. The number of aromatic nitrogens is 1. The molecule has 3 aromatic rings. The summed E-state index contributed by atoms with van der Waals surface area (Å²) in [5, 5.41) is 0. The van der Waals surface area contributed by atoms with Gasteiger partial charge >= 0.3 is 0 Å². The van der Waals surface area contributed by atoms with Crippen molar-refractivity contribution < 1.29 is 9.36 Å². The lowest BCUT2D eigenvalue weighted by molar-refractivity contribution is -0.705. The van der Waals surface area contributed by atoms with E-state index in [0.717, 1.165) is 16.8 Å². The zero-order chi connectivity index (χ0) is 17.6. The zero-order valence-electron chi connectivity index (χ0n) is 14.7. The molecule has 0 aliphatic heterocycles. The molecule has 0 saturated carbocycles. The minimum absolute atomic E-state index is 0.0870. The zero-order valence-corrected chi connectivity index (χ0v) is 14.7. The molecule has 1 amide bonds. The lowest BCUT2D eigenvalue weighted by Gasteiger charge is -2.22.